The number of ether oxygens (including phenoxy) is 1. The lowest BCUT2D eigenvalue weighted by atomic mass is 9.89. The maximum absolute atomic E-state index is 12.5. The number of carboxylic acid groups (broad SMARTS) is 1. The summed E-state index contributed by atoms with van der Waals surface area (Å²) in [6.45, 7) is 0.577. The molecule has 1 aromatic heterocycles. The van der Waals surface area contributed by atoms with Crippen molar-refractivity contribution in [1.82, 2.24) is 4.57 Å². The molecule has 4 aliphatic rings. The zero-order valence-electron chi connectivity index (χ0n) is 16.2. The number of allylic oxidation sites excluding steroid dienone is 1. The lowest BCUT2D eigenvalue weighted by Gasteiger charge is -2.32. The first-order chi connectivity index (χ1) is 14.5. The molecule has 0 radical (unpaired) electrons. The second-order valence-corrected chi connectivity index (χ2v) is 8.46. The molecule has 7 heteroatoms. The molecule has 1 amide bonds. The second-order valence-electron chi connectivity index (χ2n) is 8.46. The third kappa shape index (κ3) is 2.45. The van der Waals surface area contributed by atoms with Crippen molar-refractivity contribution >= 4 is 28.7 Å². The minimum absolute atomic E-state index is 0.0480. The third-order valence-electron chi connectivity index (χ3n) is 6.67. The molecule has 2 atom stereocenters. The van der Waals surface area contributed by atoms with Gasteiger partial charge in [0, 0.05) is 42.6 Å². The summed E-state index contributed by atoms with van der Waals surface area (Å²) in [4.78, 5) is 36.4. The Labute approximate surface area is 172 Å². The lowest BCUT2D eigenvalue weighted by molar-refractivity contribution is -0.117. The van der Waals surface area contributed by atoms with E-state index in [2.05, 4.69) is 5.32 Å². The first-order valence-electron chi connectivity index (χ1n) is 10.3. The van der Waals surface area contributed by atoms with Crippen LogP contribution in [0.4, 0.5) is 5.69 Å². The van der Waals surface area contributed by atoms with Crippen molar-refractivity contribution in [3.63, 3.8) is 0 Å². The number of carbonyl (C=O) groups excluding carboxylic acids is 1. The van der Waals surface area contributed by atoms with Crippen LogP contribution >= 0.6 is 0 Å². The predicted molar refractivity (Wildman–Crippen MR) is 109 cm³/mol. The molecule has 2 aliphatic heterocycles. The summed E-state index contributed by atoms with van der Waals surface area (Å²) in [7, 11) is 0. The molecule has 0 unspecified atom stereocenters. The molecule has 7 nitrogen and oxygen atoms in total. The van der Waals surface area contributed by atoms with Gasteiger partial charge in [-0.15, -0.1) is 0 Å². The van der Waals surface area contributed by atoms with Gasteiger partial charge in [-0.2, -0.15) is 0 Å². The van der Waals surface area contributed by atoms with Gasteiger partial charge < -0.3 is 19.7 Å². The molecule has 3 heterocycles. The van der Waals surface area contributed by atoms with Crippen molar-refractivity contribution in [2.24, 2.45) is 5.92 Å². The smallest absolute Gasteiger partial charge is 0.341 e. The molecule has 30 heavy (non-hydrogen) atoms. The van der Waals surface area contributed by atoms with Gasteiger partial charge in [-0.3, -0.25) is 9.59 Å². The van der Waals surface area contributed by atoms with Crippen LogP contribution in [-0.2, 0) is 16.0 Å². The number of aromatic carboxylic acids is 1. The summed E-state index contributed by atoms with van der Waals surface area (Å²) in [6.07, 6.45) is 4.49. The van der Waals surface area contributed by atoms with Crippen LogP contribution in [0, 0.1) is 5.92 Å². The molecule has 2 fully saturated rings. The molecule has 2 aromatic rings. The topological polar surface area (TPSA) is 97.6 Å². The van der Waals surface area contributed by atoms with Gasteiger partial charge in [-0.05, 0) is 47.6 Å². The van der Waals surface area contributed by atoms with Crippen LogP contribution in [0.2, 0.25) is 0 Å². The minimum Gasteiger partial charge on any atom is -0.477 e. The number of carboxylic acids is 1. The highest BCUT2D eigenvalue weighted by molar-refractivity contribution is 6.03. The molecule has 0 bridgehead atoms. The number of amides is 1. The molecule has 6 rings (SSSR count). The minimum atomic E-state index is -1.22. The van der Waals surface area contributed by atoms with E-state index in [-0.39, 0.29) is 29.5 Å². The molecule has 0 spiro atoms. The Kier molecular flexibility index (Phi) is 3.62. The van der Waals surface area contributed by atoms with Crippen LogP contribution in [-0.4, -0.2) is 34.3 Å². The number of aromatic nitrogens is 1. The van der Waals surface area contributed by atoms with E-state index in [9.17, 15) is 19.5 Å². The fourth-order valence-corrected chi connectivity index (χ4v) is 5.08. The number of anilines is 1. The van der Waals surface area contributed by atoms with E-state index in [0.717, 1.165) is 52.9 Å². The summed E-state index contributed by atoms with van der Waals surface area (Å²) in [5, 5.41) is 12.5. The van der Waals surface area contributed by atoms with E-state index in [1.54, 1.807) is 0 Å². The van der Waals surface area contributed by atoms with Gasteiger partial charge in [0.25, 0.3) is 0 Å². The first-order valence-corrected chi connectivity index (χ1v) is 10.3. The summed E-state index contributed by atoms with van der Waals surface area (Å²) < 4.78 is 8.01. The first kappa shape index (κ1) is 17.7. The van der Waals surface area contributed by atoms with Crippen molar-refractivity contribution < 1.29 is 19.4 Å². The van der Waals surface area contributed by atoms with Crippen LogP contribution in [0.25, 0.3) is 11.1 Å². The molecule has 152 valence electrons. The quantitative estimate of drug-likeness (QED) is 0.820. The fourth-order valence-electron chi connectivity index (χ4n) is 5.08. The molecule has 1 saturated heterocycles. The lowest BCUT2D eigenvalue weighted by Crippen LogP contribution is -2.31. The van der Waals surface area contributed by atoms with E-state index in [1.165, 1.54) is 12.3 Å². The van der Waals surface area contributed by atoms with E-state index in [0.29, 0.717) is 13.0 Å². The molecular weight excluding hydrogens is 384 g/mol. The van der Waals surface area contributed by atoms with E-state index in [4.69, 9.17) is 4.74 Å². The number of fused-ring (bicyclic) bond motifs is 7. The van der Waals surface area contributed by atoms with Crippen molar-refractivity contribution in [3.8, 4) is 0 Å². The van der Waals surface area contributed by atoms with Gasteiger partial charge in [0.1, 0.15) is 11.7 Å². The van der Waals surface area contributed by atoms with Crippen LogP contribution < -0.4 is 10.7 Å². The number of pyridine rings is 1. The average molecular weight is 404 g/mol. The number of nitrogens with one attached hydrogen (secondary N) is 1. The van der Waals surface area contributed by atoms with Crippen molar-refractivity contribution in [3.05, 3.63) is 63.1 Å². The fraction of sp³-hybridized carbons (Fsp3) is 0.348. The Morgan fingerprint density at radius 3 is 2.80 bits per heavy atom. The predicted octanol–water partition coefficient (Wildman–Crippen LogP) is 2.71. The number of carbonyl (C=O) groups is 2. The maximum Gasteiger partial charge on any atom is 0.341 e. The monoisotopic (exact) mass is 404 g/mol. The number of benzene rings is 1. The van der Waals surface area contributed by atoms with Crippen LogP contribution in [0.3, 0.4) is 0 Å². The van der Waals surface area contributed by atoms with Crippen molar-refractivity contribution in [2.75, 3.05) is 11.9 Å². The van der Waals surface area contributed by atoms with E-state index < -0.39 is 11.4 Å². The zero-order chi connectivity index (χ0) is 20.6. The van der Waals surface area contributed by atoms with E-state index in [1.807, 2.05) is 22.8 Å². The zero-order valence-corrected chi connectivity index (χ0v) is 16.2. The van der Waals surface area contributed by atoms with Gasteiger partial charge in [0.2, 0.25) is 5.91 Å². The van der Waals surface area contributed by atoms with Gasteiger partial charge in [-0.1, -0.05) is 12.1 Å². The Morgan fingerprint density at radius 2 is 2.03 bits per heavy atom. The molecule has 2 aliphatic carbocycles. The molecule has 1 aromatic carbocycles. The maximum atomic E-state index is 12.5. The van der Waals surface area contributed by atoms with E-state index >= 15 is 0 Å². The number of hydrogen-bond donors (Lipinski definition) is 2. The third-order valence-corrected chi connectivity index (χ3v) is 6.67. The van der Waals surface area contributed by atoms with Gasteiger partial charge in [-0.25, -0.2) is 4.79 Å². The molecule has 2 N–H and O–H groups in total. The number of rotatable bonds is 3. The van der Waals surface area contributed by atoms with Gasteiger partial charge >= 0.3 is 5.97 Å². The SMILES string of the molecule is O=C(O)c1cn2c(cc1=O)C1=C(c3cccc(NC(=O)C4CC4)c3C1)[C@H]1OCC[C@H]12. The van der Waals surface area contributed by atoms with Crippen molar-refractivity contribution in [1.29, 1.82) is 0 Å². The Bertz CT molecular complexity index is 1220. The van der Waals surface area contributed by atoms with Gasteiger partial charge in [0.05, 0.1) is 6.04 Å². The average Bonchev–Trinajstić information content (AvgIpc) is 3.33. The second kappa shape index (κ2) is 6.15. The summed E-state index contributed by atoms with van der Waals surface area (Å²) in [6, 6.07) is 7.30. The largest absolute Gasteiger partial charge is 0.477 e. The van der Waals surface area contributed by atoms with Crippen LogP contribution in [0.5, 0.6) is 0 Å². The highest BCUT2D eigenvalue weighted by atomic mass is 16.5. The highest BCUT2D eigenvalue weighted by Gasteiger charge is 2.43. The Hall–Kier alpha value is -3.19. The normalized spacial score (nSPS) is 23.5. The Morgan fingerprint density at radius 1 is 1.20 bits per heavy atom. The van der Waals surface area contributed by atoms with Crippen LogP contribution in [0.15, 0.2) is 35.3 Å². The molecular formula is C23H20N2O5. The highest BCUT2D eigenvalue weighted by Crippen LogP contribution is 2.51. The number of hydrogen-bond acceptors (Lipinski definition) is 4. The summed E-state index contributed by atoms with van der Waals surface area (Å²) in [5.74, 6) is -1.04. The van der Waals surface area contributed by atoms with Crippen LogP contribution in [0.1, 0.15) is 52.5 Å². The van der Waals surface area contributed by atoms with Gasteiger partial charge in [0.15, 0.2) is 5.43 Å². The summed E-state index contributed by atoms with van der Waals surface area (Å²) >= 11 is 0. The summed E-state index contributed by atoms with van der Waals surface area (Å²) in [5.41, 5.74) is 4.99. The molecule has 1 saturated carbocycles. The number of nitrogens with zero attached hydrogens (tertiary/aromatic N) is 1. The van der Waals surface area contributed by atoms with Crippen molar-refractivity contribution in [2.45, 2.75) is 37.8 Å². The standard InChI is InChI=1S/C23H20N2O5/c26-19-9-18-14-8-13-12(2-1-3-16(13)24-22(27)11-4-5-11)20(14)21-17(6-7-30-21)25(18)10-15(19)23(28)29/h1-3,9-11,17,21H,4-8H2,(H,24,27)(H,28,29)/t17-,21+/m1/s1. The Balaban J connectivity index is 1.50.